The van der Waals surface area contributed by atoms with E-state index in [1.165, 1.54) is 0 Å². The van der Waals surface area contributed by atoms with E-state index in [2.05, 4.69) is 15.0 Å². The zero-order valence-electron chi connectivity index (χ0n) is 14.3. The van der Waals surface area contributed by atoms with Crippen molar-refractivity contribution in [2.45, 2.75) is 38.4 Å². The standard InChI is InChI=1S/C18H19F3N4O/c1-12-8-17-22-15(9-16(18(19,20)21)25(17)23-12)13-4-2-6-24(10-13)11-14-5-3-7-26-14/h3,5,7-9,13H,2,4,6,10-11H2,1H3/t13-/m0/s1. The Balaban J connectivity index is 1.65. The molecule has 0 N–H and O–H groups in total. The number of nitrogens with zero attached hydrogens (tertiary/aromatic N) is 4. The van der Waals surface area contributed by atoms with Gasteiger partial charge in [-0.15, -0.1) is 0 Å². The van der Waals surface area contributed by atoms with Gasteiger partial charge < -0.3 is 4.42 Å². The predicted octanol–water partition coefficient (Wildman–Crippen LogP) is 4.03. The third-order valence-corrected chi connectivity index (χ3v) is 4.74. The lowest BCUT2D eigenvalue weighted by Crippen LogP contribution is -2.34. The number of rotatable bonds is 3. The Morgan fingerprint density at radius 1 is 1.31 bits per heavy atom. The van der Waals surface area contributed by atoms with Crippen molar-refractivity contribution in [3.8, 4) is 0 Å². The summed E-state index contributed by atoms with van der Waals surface area (Å²) in [5.41, 5.74) is 0.473. The monoisotopic (exact) mass is 364 g/mol. The molecule has 8 heteroatoms. The molecule has 1 atom stereocenters. The summed E-state index contributed by atoms with van der Waals surface area (Å²) in [7, 11) is 0. The van der Waals surface area contributed by atoms with Crippen LogP contribution in [0.2, 0.25) is 0 Å². The number of alkyl halides is 3. The highest BCUT2D eigenvalue weighted by atomic mass is 19.4. The van der Waals surface area contributed by atoms with Gasteiger partial charge in [-0.2, -0.15) is 18.3 Å². The number of piperidine rings is 1. The number of hydrogen-bond donors (Lipinski definition) is 0. The SMILES string of the molecule is Cc1cc2nc([C@H]3CCCN(Cc4ccco4)C3)cc(C(F)(F)F)n2n1. The zero-order valence-corrected chi connectivity index (χ0v) is 14.3. The van der Waals surface area contributed by atoms with Crippen LogP contribution in [-0.2, 0) is 12.7 Å². The van der Waals surface area contributed by atoms with E-state index in [-0.39, 0.29) is 11.6 Å². The van der Waals surface area contributed by atoms with Crippen molar-refractivity contribution >= 4 is 5.65 Å². The molecule has 26 heavy (non-hydrogen) atoms. The highest BCUT2D eigenvalue weighted by Crippen LogP contribution is 2.33. The molecule has 1 fully saturated rings. The number of furan rings is 1. The van der Waals surface area contributed by atoms with E-state index in [0.29, 0.717) is 24.5 Å². The summed E-state index contributed by atoms with van der Waals surface area (Å²) in [4.78, 5) is 6.68. The average molecular weight is 364 g/mol. The quantitative estimate of drug-likeness (QED) is 0.704. The van der Waals surface area contributed by atoms with Crippen LogP contribution in [0.1, 0.15) is 41.6 Å². The minimum Gasteiger partial charge on any atom is -0.468 e. The highest BCUT2D eigenvalue weighted by molar-refractivity contribution is 5.43. The Hall–Kier alpha value is -2.35. The van der Waals surface area contributed by atoms with Gasteiger partial charge in [-0.05, 0) is 44.5 Å². The summed E-state index contributed by atoms with van der Waals surface area (Å²) in [5.74, 6) is 0.816. The second-order valence-electron chi connectivity index (χ2n) is 6.77. The molecule has 1 aliphatic heterocycles. The van der Waals surface area contributed by atoms with Crippen LogP contribution in [0.3, 0.4) is 0 Å². The normalized spacial score (nSPS) is 19.3. The van der Waals surface area contributed by atoms with Crippen molar-refractivity contribution in [1.29, 1.82) is 0 Å². The van der Waals surface area contributed by atoms with Gasteiger partial charge in [0.15, 0.2) is 5.65 Å². The number of aromatic nitrogens is 3. The van der Waals surface area contributed by atoms with E-state index in [9.17, 15) is 13.2 Å². The molecule has 0 aliphatic carbocycles. The molecule has 1 aliphatic rings. The number of hydrogen-bond acceptors (Lipinski definition) is 4. The third-order valence-electron chi connectivity index (χ3n) is 4.74. The van der Waals surface area contributed by atoms with Gasteiger partial charge in [-0.25, -0.2) is 9.50 Å². The molecule has 5 nitrogen and oxygen atoms in total. The van der Waals surface area contributed by atoms with Gasteiger partial charge >= 0.3 is 6.18 Å². The number of aryl methyl sites for hydroxylation is 1. The average Bonchev–Trinajstić information content (AvgIpc) is 3.21. The zero-order chi connectivity index (χ0) is 18.3. The predicted molar refractivity (Wildman–Crippen MR) is 88.7 cm³/mol. The minimum absolute atomic E-state index is 0.0416. The third kappa shape index (κ3) is 3.33. The molecule has 1 saturated heterocycles. The maximum absolute atomic E-state index is 13.5. The van der Waals surface area contributed by atoms with Crippen molar-refractivity contribution in [1.82, 2.24) is 19.5 Å². The van der Waals surface area contributed by atoms with E-state index in [1.54, 1.807) is 19.3 Å². The van der Waals surface area contributed by atoms with E-state index in [0.717, 1.165) is 35.7 Å². The molecular formula is C18H19F3N4O. The topological polar surface area (TPSA) is 46.6 Å². The second-order valence-corrected chi connectivity index (χ2v) is 6.77. The van der Waals surface area contributed by atoms with Crippen molar-refractivity contribution in [3.63, 3.8) is 0 Å². The van der Waals surface area contributed by atoms with Gasteiger partial charge in [0.05, 0.1) is 18.5 Å². The first kappa shape index (κ1) is 17.1. The van der Waals surface area contributed by atoms with Gasteiger partial charge in [-0.3, -0.25) is 4.90 Å². The van der Waals surface area contributed by atoms with Crippen molar-refractivity contribution in [3.05, 3.63) is 53.4 Å². The lowest BCUT2D eigenvalue weighted by Gasteiger charge is -2.32. The van der Waals surface area contributed by atoms with E-state index in [4.69, 9.17) is 4.42 Å². The van der Waals surface area contributed by atoms with Crippen LogP contribution < -0.4 is 0 Å². The molecule has 4 rings (SSSR count). The molecule has 0 radical (unpaired) electrons. The van der Waals surface area contributed by atoms with E-state index < -0.39 is 11.9 Å². The number of likely N-dealkylation sites (tertiary alicyclic amines) is 1. The van der Waals surface area contributed by atoms with Gasteiger partial charge in [0.1, 0.15) is 11.5 Å². The Morgan fingerprint density at radius 3 is 2.88 bits per heavy atom. The van der Waals surface area contributed by atoms with E-state index >= 15 is 0 Å². The molecule has 0 spiro atoms. The van der Waals surface area contributed by atoms with Crippen molar-refractivity contribution < 1.29 is 17.6 Å². The molecule has 0 unspecified atom stereocenters. The Kier molecular flexibility index (Phi) is 4.22. The second kappa shape index (κ2) is 6.42. The first-order chi connectivity index (χ1) is 12.4. The molecule has 3 aromatic heterocycles. The molecule has 0 aromatic carbocycles. The number of fused-ring (bicyclic) bond motifs is 1. The summed E-state index contributed by atoms with van der Waals surface area (Å²) in [6, 6.07) is 6.48. The molecule has 3 aromatic rings. The van der Waals surface area contributed by atoms with Crippen LogP contribution in [0.15, 0.2) is 34.9 Å². The minimum atomic E-state index is -4.48. The maximum Gasteiger partial charge on any atom is 0.433 e. The molecule has 138 valence electrons. The largest absolute Gasteiger partial charge is 0.468 e. The maximum atomic E-state index is 13.5. The molecule has 4 heterocycles. The number of halogens is 3. The van der Waals surface area contributed by atoms with Crippen molar-refractivity contribution in [2.75, 3.05) is 13.1 Å². The van der Waals surface area contributed by atoms with Gasteiger partial charge in [0.2, 0.25) is 0 Å². The molecular weight excluding hydrogens is 345 g/mol. The van der Waals surface area contributed by atoms with Crippen LogP contribution >= 0.6 is 0 Å². The van der Waals surface area contributed by atoms with Crippen LogP contribution in [0.4, 0.5) is 13.2 Å². The summed E-state index contributed by atoms with van der Waals surface area (Å²) < 4.78 is 46.7. The molecule has 0 saturated carbocycles. The Bertz CT molecular complexity index is 901. The molecule has 0 bridgehead atoms. The van der Waals surface area contributed by atoms with E-state index in [1.807, 2.05) is 12.1 Å². The van der Waals surface area contributed by atoms with Crippen LogP contribution in [-0.4, -0.2) is 32.6 Å². The summed E-state index contributed by atoms with van der Waals surface area (Å²) >= 11 is 0. The summed E-state index contributed by atoms with van der Waals surface area (Å²) in [5, 5.41) is 3.94. The van der Waals surface area contributed by atoms with Crippen LogP contribution in [0.5, 0.6) is 0 Å². The van der Waals surface area contributed by atoms with Crippen molar-refractivity contribution in [2.24, 2.45) is 0 Å². The highest BCUT2D eigenvalue weighted by Gasteiger charge is 2.36. The first-order valence-electron chi connectivity index (χ1n) is 8.59. The molecule has 0 amide bonds. The van der Waals surface area contributed by atoms with Crippen LogP contribution in [0, 0.1) is 6.92 Å². The smallest absolute Gasteiger partial charge is 0.433 e. The lowest BCUT2D eigenvalue weighted by molar-refractivity contribution is -0.142. The van der Waals surface area contributed by atoms with Gasteiger partial charge in [-0.1, -0.05) is 0 Å². The van der Waals surface area contributed by atoms with Gasteiger partial charge in [0.25, 0.3) is 0 Å². The van der Waals surface area contributed by atoms with Crippen LogP contribution in [0.25, 0.3) is 5.65 Å². The fourth-order valence-electron chi connectivity index (χ4n) is 3.58. The fraction of sp³-hybridized carbons (Fsp3) is 0.444. The summed E-state index contributed by atoms with van der Waals surface area (Å²) in [6.45, 7) is 3.88. The fourth-order valence-corrected chi connectivity index (χ4v) is 3.58. The summed E-state index contributed by atoms with van der Waals surface area (Å²) in [6.07, 6.45) is -1.11. The Morgan fingerprint density at radius 2 is 2.15 bits per heavy atom. The lowest BCUT2D eigenvalue weighted by atomic mass is 9.94. The Labute approximate surface area is 148 Å². The van der Waals surface area contributed by atoms with Gasteiger partial charge in [0, 0.05) is 24.2 Å². The first-order valence-corrected chi connectivity index (χ1v) is 8.59.